The monoisotopic (exact) mass is 312 g/mol. The third-order valence-electron chi connectivity index (χ3n) is 4.77. The molecule has 1 atom stereocenters. The highest BCUT2D eigenvalue weighted by atomic mass is 16.2. The Morgan fingerprint density at radius 1 is 1.26 bits per heavy atom. The van der Waals surface area contributed by atoms with Crippen LogP contribution in [0.4, 0.5) is 4.79 Å². The fourth-order valence-electron chi connectivity index (χ4n) is 3.58. The maximum atomic E-state index is 12.8. The summed E-state index contributed by atoms with van der Waals surface area (Å²) >= 11 is 0. The molecule has 0 aliphatic carbocycles. The number of aromatic nitrogens is 1. The van der Waals surface area contributed by atoms with Crippen LogP contribution >= 0.6 is 0 Å². The summed E-state index contributed by atoms with van der Waals surface area (Å²) in [6.07, 6.45) is 5.73. The number of carbonyl (C=O) groups is 2. The molecular weight excluding hydrogens is 292 g/mol. The Hall–Kier alpha value is -2.50. The van der Waals surface area contributed by atoms with Crippen LogP contribution in [0.5, 0.6) is 0 Å². The average Bonchev–Trinajstić information content (AvgIpc) is 3.20. The number of fused-ring (bicyclic) bond motifs is 1. The van der Waals surface area contributed by atoms with Crippen LogP contribution in [0.1, 0.15) is 23.2 Å². The summed E-state index contributed by atoms with van der Waals surface area (Å²) in [5, 5.41) is 2.84. The van der Waals surface area contributed by atoms with Crippen LogP contribution in [-0.4, -0.2) is 58.4 Å². The fourth-order valence-corrected chi connectivity index (χ4v) is 3.58. The molecule has 0 aromatic carbocycles. The van der Waals surface area contributed by atoms with Crippen molar-refractivity contribution in [2.45, 2.75) is 18.9 Å². The molecule has 0 bridgehead atoms. The number of urea groups is 1. The van der Waals surface area contributed by atoms with Crippen LogP contribution < -0.4 is 5.32 Å². The molecule has 0 radical (unpaired) electrons. The Labute approximate surface area is 134 Å². The molecule has 2 aliphatic heterocycles. The predicted molar refractivity (Wildman–Crippen MR) is 86.4 cm³/mol. The Balaban J connectivity index is 1.52. The normalized spacial score (nSPS) is 21.7. The van der Waals surface area contributed by atoms with Gasteiger partial charge in [-0.1, -0.05) is 6.07 Å². The highest BCUT2D eigenvalue weighted by molar-refractivity contribution is 5.95. The zero-order valence-electron chi connectivity index (χ0n) is 12.9. The number of hydrogen-bond acceptors (Lipinski definition) is 2. The van der Waals surface area contributed by atoms with Gasteiger partial charge < -0.3 is 19.5 Å². The first-order valence-electron chi connectivity index (χ1n) is 8.13. The molecule has 1 unspecified atom stereocenters. The SMILES string of the molecule is O=C(c1cc2ccccn2c1)N1CCCC(N2CCNC2=O)C1. The van der Waals surface area contributed by atoms with E-state index in [0.717, 1.165) is 31.4 Å². The summed E-state index contributed by atoms with van der Waals surface area (Å²) in [6, 6.07) is 7.96. The third kappa shape index (κ3) is 2.54. The third-order valence-corrected chi connectivity index (χ3v) is 4.77. The van der Waals surface area contributed by atoms with Gasteiger partial charge in [-0.2, -0.15) is 0 Å². The zero-order chi connectivity index (χ0) is 15.8. The summed E-state index contributed by atoms with van der Waals surface area (Å²) in [5.41, 5.74) is 1.73. The number of hydrogen-bond donors (Lipinski definition) is 1. The van der Waals surface area contributed by atoms with Crippen LogP contribution in [0.25, 0.3) is 5.52 Å². The summed E-state index contributed by atoms with van der Waals surface area (Å²) in [6.45, 7) is 2.82. The average molecular weight is 312 g/mol. The van der Waals surface area contributed by atoms with Crippen molar-refractivity contribution in [1.82, 2.24) is 19.5 Å². The van der Waals surface area contributed by atoms with Crippen molar-refractivity contribution in [2.75, 3.05) is 26.2 Å². The minimum Gasteiger partial charge on any atom is -0.337 e. The summed E-state index contributed by atoms with van der Waals surface area (Å²) in [7, 11) is 0. The molecule has 0 spiro atoms. The van der Waals surface area contributed by atoms with Gasteiger partial charge in [-0.05, 0) is 31.0 Å². The van der Waals surface area contributed by atoms with Gasteiger partial charge >= 0.3 is 6.03 Å². The number of piperidine rings is 1. The largest absolute Gasteiger partial charge is 0.337 e. The molecule has 23 heavy (non-hydrogen) atoms. The molecule has 0 saturated carbocycles. The van der Waals surface area contributed by atoms with E-state index in [1.54, 1.807) is 0 Å². The van der Waals surface area contributed by atoms with E-state index in [-0.39, 0.29) is 18.0 Å². The highest BCUT2D eigenvalue weighted by Crippen LogP contribution is 2.20. The van der Waals surface area contributed by atoms with E-state index in [2.05, 4.69) is 5.32 Å². The number of nitrogens with one attached hydrogen (secondary N) is 1. The van der Waals surface area contributed by atoms with Crippen molar-refractivity contribution in [2.24, 2.45) is 0 Å². The Bertz CT molecular complexity index is 721. The summed E-state index contributed by atoms with van der Waals surface area (Å²) in [4.78, 5) is 28.4. The van der Waals surface area contributed by atoms with E-state index in [1.807, 2.05) is 50.9 Å². The van der Waals surface area contributed by atoms with E-state index >= 15 is 0 Å². The second-order valence-corrected chi connectivity index (χ2v) is 6.23. The van der Waals surface area contributed by atoms with E-state index in [9.17, 15) is 9.59 Å². The molecule has 2 saturated heterocycles. The minimum absolute atomic E-state index is 0.00101. The molecule has 2 aliphatic rings. The number of rotatable bonds is 2. The van der Waals surface area contributed by atoms with Crippen molar-refractivity contribution in [3.8, 4) is 0 Å². The molecule has 6 nitrogen and oxygen atoms in total. The van der Waals surface area contributed by atoms with E-state index in [4.69, 9.17) is 0 Å². The Kier molecular flexibility index (Phi) is 3.44. The molecule has 2 aromatic rings. The van der Waals surface area contributed by atoms with Crippen molar-refractivity contribution in [1.29, 1.82) is 0 Å². The maximum Gasteiger partial charge on any atom is 0.317 e. The molecule has 4 rings (SSSR count). The number of pyridine rings is 1. The predicted octanol–water partition coefficient (Wildman–Crippen LogP) is 1.57. The van der Waals surface area contributed by atoms with E-state index in [0.29, 0.717) is 18.7 Å². The smallest absolute Gasteiger partial charge is 0.317 e. The van der Waals surface area contributed by atoms with Gasteiger partial charge in [0.1, 0.15) is 0 Å². The maximum absolute atomic E-state index is 12.8. The van der Waals surface area contributed by atoms with Gasteiger partial charge in [0.25, 0.3) is 5.91 Å². The van der Waals surface area contributed by atoms with Crippen LogP contribution in [0.15, 0.2) is 36.7 Å². The van der Waals surface area contributed by atoms with Gasteiger partial charge in [-0.25, -0.2) is 4.79 Å². The summed E-state index contributed by atoms with van der Waals surface area (Å²) in [5.74, 6) is 0.0537. The highest BCUT2D eigenvalue weighted by Gasteiger charge is 2.33. The van der Waals surface area contributed by atoms with E-state index < -0.39 is 0 Å². The lowest BCUT2D eigenvalue weighted by Gasteiger charge is -2.36. The second kappa shape index (κ2) is 5.61. The second-order valence-electron chi connectivity index (χ2n) is 6.23. The van der Waals surface area contributed by atoms with E-state index in [1.165, 1.54) is 0 Å². The van der Waals surface area contributed by atoms with Gasteiger partial charge in [-0.3, -0.25) is 4.79 Å². The van der Waals surface area contributed by atoms with Crippen LogP contribution in [0.2, 0.25) is 0 Å². The van der Waals surface area contributed by atoms with Gasteiger partial charge in [0.15, 0.2) is 0 Å². The lowest BCUT2D eigenvalue weighted by Crippen LogP contribution is -2.50. The first-order chi connectivity index (χ1) is 11.2. The van der Waals surface area contributed by atoms with Crippen molar-refractivity contribution < 1.29 is 9.59 Å². The van der Waals surface area contributed by atoms with Gasteiger partial charge in [0.2, 0.25) is 0 Å². The van der Waals surface area contributed by atoms with Crippen LogP contribution in [0.3, 0.4) is 0 Å². The molecule has 2 aromatic heterocycles. The van der Waals surface area contributed by atoms with Crippen molar-refractivity contribution in [3.05, 3.63) is 42.2 Å². The number of amides is 3. The zero-order valence-corrected chi connectivity index (χ0v) is 12.9. The lowest BCUT2D eigenvalue weighted by atomic mass is 10.0. The number of carbonyl (C=O) groups excluding carboxylic acids is 2. The Morgan fingerprint density at radius 2 is 2.17 bits per heavy atom. The summed E-state index contributed by atoms with van der Waals surface area (Å²) < 4.78 is 1.96. The molecular formula is C17H20N4O2. The molecule has 2 fully saturated rings. The lowest BCUT2D eigenvalue weighted by molar-refractivity contribution is 0.0634. The first-order valence-corrected chi connectivity index (χ1v) is 8.13. The number of nitrogens with zero attached hydrogens (tertiary/aromatic N) is 3. The van der Waals surface area contributed by atoms with Gasteiger partial charge in [0, 0.05) is 44.1 Å². The van der Waals surface area contributed by atoms with Crippen molar-refractivity contribution in [3.63, 3.8) is 0 Å². The van der Waals surface area contributed by atoms with Crippen molar-refractivity contribution >= 4 is 17.5 Å². The minimum atomic E-state index is -0.00101. The van der Waals surface area contributed by atoms with Gasteiger partial charge in [0.05, 0.1) is 11.6 Å². The fraction of sp³-hybridized carbons (Fsp3) is 0.412. The standard InChI is InChI=1S/C17H20N4O2/c22-16(13-10-14-4-1-2-7-19(14)11-13)20-8-3-5-15(12-20)21-9-6-18-17(21)23/h1-2,4,7,10-11,15H,3,5-6,8-9,12H2,(H,18,23). The number of likely N-dealkylation sites (tertiary alicyclic amines) is 1. The molecule has 3 amide bonds. The van der Waals surface area contributed by atoms with Crippen LogP contribution in [0, 0.1) is 0 Å². The topological polar surface area (TPSA) is 57.1 Å². The first kappa shape index (κ1) is 14.1. The van der Waals surface area contributed by atoms with Gasteiger partial charge in [-0.15, -0.1) is 0 Å². The quantitative estimate of drug-likeness (QED) is 0.915. The molecule has 120 valence electrons. The molecule has 1 N–H and O–H groups in total. The molecule has 4 heterocycles. The molecule has 6 heteroatoms. The van der Waals surface area contributed by atoms with Crippen LogP contribution in [-0.2, 0) is 0 Å². The Morgan fingerprint density at radius 3 is 2.96 bits per heavy atom.